The van der Waals surface area contributed by atoms with Gasteiger partial charge in [-0.3, -0.25) is 14.6 Å². The molecule has 0 spiro atoms. The van der Waals surface area contributed by atoms with E-state index < -0.39 is 0 Å². The highest BCUT2D eigenvalue weighted by Gasteiger charge is 2.24. The van der Waals surface area contributed by atoms with Crippen LogP contribution in [0.1, 0.15) is 34.8 Å². The van der Waals surface area contributed by atoms with E-state index in [4.69, 9.17) is 21.6 Å². The smallest absolute Gasteiger partial charge is 0.306 e. The molecule has 0 radical (unpaired) electrons. The molecule has 1 heterocycles. The molecule has 0 aliphatic carbocycles. The first-order valence-corrected chi connectivity index (χ1v) is 10.1. The van der Waals surface area contributed by atoms with Gasteiger partial charge in [-0.1, -0.05) is 12.0 Å². The molecule has 0 aromatic heterocycles. The summed E-state index contributed by atoms with van der Waals surface area (Å²) in [6, 6.07) is 12.4. The van der Waals surface area contributed by atoms with Gasteiger partial charge < -0.3 is 20.5 Å². The van der Waals surface area contributed by atoms with Gasteiger partial charge in [0, 0.05) is 22.7 Å². The van der Waals surface area contributed by atoms with Crippen LogP contribution in [0.2, 0.25) is 0 Å². The highest BCUT2D eigenvalue weighted by atomic mass is 16.5. The zero-order chi connectivity index (χ0) is 22.2. The summed E-state index contributed by atoms with van der Waals surface area (Å²) in [5, 5.41) is 2.85. The van der Waals surface area contributed by atoms with Crippen molar-refractivity contribution in [3.05, 3.63) is 59.2 Å². The van der Waals surface area contributed by atoms with E-state index in [-0.39, 0.29) is 24.3 Å². The van der Waals surface area contributed by atoms with Gasteiger partial charge in [0.25, 0.3) is 5.91 Å². The highest BCUT2D eigenvalue weighted by Crippen LogP contribution is 2.30. The lowest BCUT2D eigenvalue weighted by Crippen LogP contribution is -2.24. The molecule has 2 aromatic carbocycles. The minimum atomic E-state index is -0.248. The Bertz CT molecular complexity index is 1020. The summed E-state index contributed by atoms with van der Waals surface area (Å²) < 4.78 is 10.8. The molecule has 0 saturated carbocycles. The molecule has 3 rings (SSSR count). The Labute approximate surface area is 181 Å². The number of nitrogens with two attached hydrogens (primary N) is 1. The number of rotatable bonds is 7. The van der Waals surface area contributed by atoms with E-state index in [1.807, 2.05) is 6.07 Å². The maximum absolute atomic E-state index is 12.6. The van der Waals surface area contributed by atoms with Crippen LogP contribution in [0.4, 0.5) is 5.69 Å². The quantitative estimate of drug-likeness (QED) is 0.311. The summed E-state index contributed by atoms with van der Waals surface area (Å²) in [6.45, 7) is 2.79. The van der Waals surface area contributed by atoms with Gasteiger partial charge in [-0.05, 0) is 55.3 Å². The lowest BCUT2D eigenvalue weighted by atomic mass is 9.93. The number of esters is 1. The van der Waals surface area contributed by atoms with Crippen molar-refractivity contribution in [1.82, 2.24) is 0 Å². The van der Waals surface area contributed by atoms with Gasteiger partial charge in [-0.15, -0.1) is 6.42 Å². The molecule has 0 bridgehead atoms. The van der Waals surface area contributed by atoms with Gasteiger partial charge in [0.15, 0.2) is 0 Å². The second-order valence-electron chi connectivity index (χ2n) is 7.15. The van der Waals surface area contributed by atoms with Crippen molar-refractivity contribution >= 4 is 23.4 Å². The molecule has 1 aliphatic heterocycles. The third-order valence-corrected chi connectivity index (χ3v) is 4.85. The number of ether oxygens (including phenoxy) is 2. The normalized spacial score (nSPS) is 15.2. The Morgan fingerprint density at radius 2 is 2.00 bits per heavy atom. The fraction of sp³-hybridized carbons (Fsp3) is 0.292. The van der Waals surface area contributed by atoms with E-state index in [0.29, 0.717) is 48.9 Å². The number of anilines is 1. The lowest BCUT2D eigenvalue weighted by Gasteiger charge is -2.25. The van der Waals surface area contributed by atoms with E-state index >= 15 is 0 Å². The van der Waals surface area contributed by atoms with Crippen LogP contribution in [0.5, 0.6) is 5.75 Å². The first-order chi connectivity index (χ1) is 15.0. The van der Waals surface area contributed by atoms with Crippen molar-refractivity contribution in [3.63, 3.8) is 0 Å². The monoisotopic (exact) mass is 419 g/mol. The second-order valence-corrected chi connectivity index (χ2v) is 7.15. The molecule has 7 heteroatoms. The molecule has 7 nitrogen and oxygen atoms in total. The van der Waals surface area contributed by atoms with Crippen molar-refractivity contribution in [2.75, 3.05) is 25.1 Å². The Kier molecular flexibility index (Phi) is 7.28. The van der Waals surface area contributed by atoms with Gasteiger partial charge in [0.2, 0.25) is 0 Å². The van der Waals surface area contributed by atoms with Crippen LogP contribution in [0, 0.1) is 18.3 Å². The summed E-state index contributed by atoms with van der Waals surface area (Å²) in [5.74, 6) is 3.03. The van der Waals surface area contributed by atoms with Crippen molar-refractivity contribution in [2.24, 2.45) is 16.6 Å². The maximum atomic E-state index is 12.6. The maximum Gasteiger partial charge on any atom is 0.306 e. The number of benzene rings is 2. The van der Waals surface area contributed by atoms with Gasteiger partial charge in [-0.25, -0.2) is 0 Å². The number of fused-ring (bicyclic) bond motifs is 1. The van der Waals surface area contributed by atoms with Gasteiger partial charge in [0.05, 0.1) is 19.6 Å². The van der Waals surface area contributed by atoms with E-state index in [0.717, 1.165) is 11.1 Å². The van der Waals surface area contributed by atoms with Crippen molar-refractivity contribution in [1.29, 1.82) is 0 Å². The summed E-state index contributed by atoms with van der Waals surface area (Å²) in [4.78, 5) is 28.4. The lowest BCUT2D eigenvalue weighted by molar-refractivity contribution is -0.144. The Morgan fingerprint density at radius 1 is 1.26 bits per heavy atom. The summed E-state index contributed by atoms with van der Waals surface area (Å²) in [5.41, 5.74) is 8.69. The SMILES string of the molecule is C#CCN=C(N)c1ccc(NC(=O)c2ccc3c(c2)OCC(CC(=O)OCC)C3)cc1. The molecule has 31 heavy (non-hydrogen) atoms. The number of hydrogen-bond acceptors (Lipinski definition) is 5. The van der Waals surface area contributed by atoms with Crippen LogP contribution >= 0.6 is 0 Å². The highest BCUT2D eigenvalue weighted by molar-refractivity contribution is 6.05. The molecule has 160 valence electrons. The fourth-order valence-electron chi connectivity index (χ4n) is 3.31. The molecule has 2 aromatic rings. The number of amidine groups is 1. The first kappa shape index (κ1) is 21.9. The molecular formula is C24H25N3O4. The topological polar surface area (TPSA) is 103 Å². The van der Waals surface area contributed by atoms with Crippen molar-refractivity contribution < 1.29 is 19.1 Å². The molecule has 0 fully saturated rings. The van der Waals surface area contributed by atoms with Crippen molar-refractivity contribution in [3.8, 4) is 18.1 Å². The van der Waals surface area contributed by atoms with Crippen LogP contribution < -0.4 is 15.8 Å². The third-order valence-electron chi connectivity index (χ3n) is 4.85. The molecular weight excluding hydrogens is 394 g/mol. The molecule has 0 saturated heterocycles. The molecule has 1 atom stereocenters. The number of carbonyl (C=O) groups is 2. The molecule has 1 unspecified atom stereocenters. The number of carbonyl (C=O) groups excluding carboxylic acids is 2. The van der Waals surface area contributed by atoms with E-state index in [1.54, 1.807) is 43.3 Å². The van der Waals surface area contributed by atoms with Gasteiger partial charge >= 0.3 is 5.97 Å². The van der Waals surface area contributed by atoms with Crippen LogP contribution in [-0.4, -0.2) is 37.5 Å². The molecule has 1 aliphatic rings. The second kappa shape index (κ2) is 10.3. The fourth-order valence-corrected chi connectivity index (χ4v) is 3.31. The number of aliphatic imine (C=N–C) groups is 1. The van der Waals surface area contributed by atoms with Gasteiger partial charge in [-0.2, -0.15) is 0 Å². The minimum Gasteiger partial charge on any atom is -0.493 e. The van der Waals surface area contributed by atoms with E-state index in [9.17, 15) is 9.59 Å². The molecule has 1 amide bonds. The number of terminal acetylenes is 1. The van der Waals surface area contributed by atoms with E-state index in [1.165, 1.54) is 0 Å². The third kappa shape index (κ3) is 5.86. The standard InChI is InChI=1S/C24H25N3O4/c1-3-11-26-23(25)17-7-9-20(10-8-17)27-24(29)19-6-5-18-12-16(13-22(28)30-4-2)15-31-21(18)14-19/h1,5-10,14,16H,4,11-13,15H2,2H3,(H2,25,26)(H,27,29). The Hall–Kier alpha value is -3.79. The zero-order valence-corrected chi connectivity index (χ0v) is 17.4. The zero-order valence-electron chi connectivity index (χ0n) is 17.4. The minimum absolute atomic E-state index is 0.0707. The number of amides is 1. The van der Waals surface area contributed by atoms with Crippen LogP contribution in [0.3, 0.4) is 0 Å². The molecule has 3 N–H and O–H groups in total. The van der Waals surface area contributed by atoms with E-state index in [2.05, 4.69) is 16.2 Å². The number of nitrogens with zero attached hydrogens (tertiary/aromatic N) is 1. The van der Waals surface area contributed by atoms with Crippen LogP contribution in [0.15, 0.2) is 47.5 Å². The Balaban J connectivity index is 1.62. The number of hydrogen-bond donors (Lipinski definition) is 2. The van der Waals surface area contributed by atoms with Crippen LogP contribution in [0.25, 0.3) is 0 Å². The largest absolute Gasteiger partial charge is 0.493 e. The first-order valence-electron chi connectivity index (χ1n) is 10.1. The Morgan fingerprint density at radius 3 is 2.71 bits per heavy atom. The predicted molar refractivity (Wildman–Crippen MR) is 119 cm³/mol. The average molecular weight is 419 g/mol. The van der Waals surface area contributed by atoms with Crippen LogP contribution in [-0.2, 0) is 16.0 Å². The predicted octanol–water partition coefficient (Wildman–Crippen LogP) is 2.78. The summed E-state index contributed by atoms with van der Waals surface area (Å²) in [6.07, 6.45) is 6.21. The van der Waals surface area contributed by atoms with Gasteiger partial charge in [0.1, 0.15) is 18.1 Å². The average Bonchev–Trinajstić information content (AvgIpc) is 2.77. The number of nitrogens with one attached hydrogen (secondary N) is 1. The van der Waals surface area contributed by atoms with Crippen molar-refractivity contribution in [2.45, 2.75) is 19.8 Å². The summed E-state index contributed by atoms with van der Waals surface area (Å²) >= 11 is 0. The summed E-state index contributed by atoms with van der Waals surface area (Å²) in [7, 11) is 0.